The summed E-state index contributed by atoms with van der Waals surface area (Å²) in [6, 6.07) is 7.78. The van der Waals surface area contributed by atoms with E-state index >= 15 is 0 Å². The van der Waals surface area contributed by atoms with Crippen LogP contribution >= 0.6 is 11.6 Å². The minimum Gasteiger partial charge on any atom is -0.372 e. The maximum Gasteiger partial charge on any atom is 0.276 e. The minimum atomic E-state index is -0.137. The Morgan fingerprint density at radius 1 is 1.34 bits per heavy atom. The van der Waals surface area contributed by atoms with Crippen molar-refractivity contribution >= 4 is 23.1 Å². The molecule has 0 aliphatic carbocycles. The molecule has 29 heavy (non-hydrogen) atoms. The molecule has 2 atom stereocenters. The van der Waals surface area contributed by atoms with Crippen LogP contribution in [0.1, 0.15) is 51.5 Å². The van der Waals surface area contributed by atoms with Gasteiger partial charge in [0.15, 0.2) is 5.82 Å². The highest BCUT2D eigenvalue weighted by Gasteiger charge is 2.26. The van der Waals surface area contributed by atoms with Crippen molar-refractivity contribution < 1.29 is 4.74 Å². The number of benzene rings is 1. The van der Waals surface area contributed by atoms with Crippen molar-refractivity contribution in [3.05, 3.63) is 51.5 Å². The highest BCUT2D eigenvalue weighted by molar-refractivity contribution is 6.30. The standard InChI is InChI=1S/C22H31ClN4O2/c1-3-4-5-7-16(2)10-19(29-13-17-8-6-9-18(23)11-17)12-27-15-26-20-21(27)24-14-25-22(20)28/h6,8-9,11,14,16,19,26H,3-5,7,10,12-13,15H2,1-2H3,(H,24,25,28). The van der Waals surface area contributed by atoms with Gasteiger partial charge in [0.2, 0.25) is 0 Å². The number of fused-ring (bicyclic) bond motifs is 1. The van der Waals surface area contributed by atoms with Crippen LogP contribution in [0.3, 0.4) is 0 Å². The highest BCUT2D eigenvalue weighted by Crippen LogP contribution is 2.26. The van der Waals surface area contributed by atoms with E-state index in [-0.39, 0.29) is 11.7 Å². The number of nitrogens with zero attached hydrogens (tertiary/aromatic N) is 2. The fourth-order valence-corrected chi connectivity index (χ4v) is 3.99. The van der Waals surface area contributed by atoms with E-state index in [1.54, 1.807) is 0 Å². The molecule has 1 aromatic carbocycles. The van der Waals surface area contributed by atoms with Gasteiger partial charge in [-0.15, -0.1) is 0 Å². The Morgan fingerprint density at radius 2 is 2.21 bits per heavy atom. The van der Waals surface area contributed by atoms with E-state index in [4.69, 9.17) is 16.3 Å². The fraction of sp³-hybridized carbons (Fsp3) is 0.545. The molecule has 0 fully saturated rings. The van der Waals surface area contributed by atoms with Gasteiger partial charge >= 0.3 is 0 Å². The van der Waals surface area contributed by atoms with Gasteiger partial charge in [0.25, 0.3) is 5.56 Å². The Labute approximate surface area is 177 Å². The van der Waals surface area contributed by atoms with Crippen molar-refractivity contribution in [3.8, 4) is 0 Å². The Morgan fingerprint density at radius 3 is 3.00 bits per heavy atom. The van der Waals surface area contributed by atoms with Crippen LogP contribution < -0.4 is 15.8 Å². The monoisotopic (exact) mass is 418 g/mol. The van der Waals surface area contributed by atoms with E-state index in [1.807, 2.05) is 24.3 Å². The molecule has 1 aliphatic rings. The van der Waals surface area contributed by atoms with Crippen molar-refractivity contribution in [1.29, 1.82) is 0 Å². The summed E-state index contributed by atoms with van der Waals surface area (Å²) in [4.78, 5) is 21.0. The molecule has 7 heteroatoms. The lowest BCUT2D eigenvalue weighted by atomic mass is 9.96. The van der Waals surface area contributed by atoms with Gasteiger partial charge in [-0.25, -0.2) is 4.98 Å². The number of aromatic nitrogens is 2. The van der Waals surface area contributed by atoms with Gasteiger partial charge in [-0.3, -0.25) is 4.79 Å². The van der Waals surface area contributed by atoms with E-state index < -0.39 is 0 Å². The predicted octanol–water partition coefficient (Wildman–Crippen LogP) is 4.80. The zero-order valence-electron chi connectivity index (χ0n) is 17.3. The first kappa shape index (κ1) is 21.7. The Bertz CT molecular complexity index is 842. The zero-order chi connectivity index (χ0) is 20.6. The van der Waals surface area contributed by atoms with Crippen LogP contribution in [0, 0.1) is 5.92 Å². The molecule has 3 rings (SSSR count). The Balaban J connectivity index is 1.65. The number of rotatable bonds is 11. The van der Waals surface area contributed by atoms with E-state index in [0.717, 1.165) is 17.0 Å². The van der Waals surface area contributed by atoms with E-state index in [0.29, 0.717) is 37.2 Å². The first-order chi connectivity index (χ1) is 14.1. The van der Waals surface area contributed by atoms with Crippen molar-refractivity contribution in [2.24, 2.45) is 5.92 Å². The maximum absolute atomic E-state index is 12.0. The molecule has 0 spiro atoms. The van der Waals surface area contributed by atoms with Gasteiger partial charge in [0, 0.05) is 11.6 Å². The first-order valence-corrected chi connectivity index (χ1v) is 10.9. The van der Waals surface area contributed by atoms with Crippen molar-refractivity contribution in [1.82, 2.24) is 9.97 Å². The molecule has 0 saturated carbocycles. The summed E-state index contributed by atoms with van der Waals surface area (Å²) in [5.41, 5.74) is 1.47. The molecule has 2 unspecified atom stereocenters. The van der Waals surface area contributed by atoms with Gasteiger partial charge in [0.1, 0.15) is 5.69 Å². The SMILES string of the molecule is CCCCCC(C)CC(CN1CNc2c1nc[nH]c2=O)OCc1cccc(Cl)c1. The minimum absolute atomic E-state index is 0.0412. The first-order valence-electron chi connectivity index (χ1n) is 10.5. The fourth-order valence-electron chi connectivity index (χ4n) is 3.78. The third kappa shape index (κ3) is 6.21. The summed E-state index contributed by atoms with van der Waals surface area (Å²) in [6.45, 7) is 6.30. The Kier molecular flexibility index (Phi) is 7.95. The lowest BCUT2D eigenvalue weighted by molar-refractivity contribution is 0.0296. The van der Waals surface area contributed by atoms with Crippen LogP contribution in [0.5, 0.6) is 0 Å². The molecule has 158 valence electrons. The molecule has 0 saturated heterocycles. The number of unbranched alkanes of at least 4 members (excludes halogenated alkanes) is 2. The normalized spacial score (nSPS) is 15.1. The summed E-state index contributed by atoms with van der Waals surface area (Å²) < 4.78 is 6.33. The predicted molar refractivity (Wildman–Crippen MR) is 119 cm³/mol. The smallest absolute Gasteiger partial charge is 0.276 e. The van der Waals surface area contributed by atoms with Crippen LogP contribution in [0.4, 0.5) is 11.5 Å². The molecule has 2 N–H and O–H groups in total. The number of hydrogen-bond donors (Lipinski definition) is 2. The van der Waals surface area contributed by atoms with Gasteiger partial charge in [0.05, 0.1) is 25.7 Å². The average molecular weight is 419 g/mol. The van der Waals surface area contributed by atoms with Crippen LogP contribution in [0.15, 0.2) is 35.4 Å². The second-order valence-electron chi connectivity index (χ2n) is 7.89. The molecule has 2 heterocycles. The van der Waals surface area contributed by atoms with Crippen LogP contribution in [-0.2, 0) is 11.3 Å². The molecule has 6 nitrogen and oxygen atoms in total. The number of ether oxygens (including phenoxy) is 1. The van der Waals surface area contributed by atoms with Crippen LogP contribution in [-0.4, -0.2) is 29.3 Å². The lowest BCUT2D eigenvalue weighted by Crippen LogP contribution is -2.35. The number of aromatic amines is 1. The molecular weight excluding hydrogens is 388 g/mol. The average Bonchev–Trinajstić information content (AvgIpc) is 3.11. The number of H-pyrrole nitrogens is 1. The number of hydrogen-bond acceptors (Lipinski definition) is 5. The molecule has 1 aliphatic heterocycles. The third-order valence-electron chi connectivity index (χ3n) is 5.34. The maximum atomic E-state index is 12.0. The molecular formula is C22H31ClN4O2. The summed E-state index contributed by atoms with van der Waals surface area (Å²) in [6.07, 6.45) is 7.43. The summed E-state index contributed by atoms with van der Waals surface area (Å²) >= 11 is 6.11. The second-order valence-corrected chi connectivity index (χ2v) is 8.32. The highest BCUT2D eigenvalue weighted by atomic mass is 35.5. The van der Waals surface area contributed by atoms with E-state index in [2.05, 4.69) is 34.0 Å². The molecule has 0 radical (unpaired) electrons. The van der Waals surface area contributed by atoms with Crippen LogP contribution in [0.2, 0.25) is 5.02 Å². The molecule has 1 aromatic heterocycles. The van der Waals surface area contributed by atoms with Crippen LogP contribution in [0.25, 0.3) is 0 Å². The quantitative estimate of drug-likeness (QED) is 0.512. The van der Waals surface area contributed by atoms with Crippen molar-refractivity contribution in [2.45, 2.75) is 58.7 Å². The van der Waals surface area contributed by atoms with Crippen molar-refractivity contribution in [3.63, 3.8) is 0 Å². The Hall–Kier alpha value is -2.05. The van der Waals surface area contributed by atoms with Crippen molar-refractivity contribution in [2.75, 3.05) is 23.4 Å². The summed E-state index contributed by atoms with van der Waals surface area (Å²) in [5, 5.41) is 3.87. The van der Waals surface area contributed by atoms with Gasteiger partial charge in [-0.1, -0.05) is 63.3 Å². The van der Waals surface area contributed by atoms with E-state index in [1.165, 1.54) is 32.0 Å². The van der Waals surface area contributed by atoms with Gasteiger partial charge in [-0.2, -0.15) is 0 Å². The lowest BCUT2D eigenvalue weighted by Gasteiger charge is -2.27. The second kappa shape index (κ2) is 10.6. The molecule has 0 amide bonds. The number of nitrogens with one attached hydrogen (secondary N) is 2. The molecule has 2 aromatic rings. The number of anilines is 2. The third-order valence-corrected chi connectivity index (χ3v) is 5.58. The topological polar surface area (TPSA) is 70.2 Å². The molecule has 0 bridgehead atoms. The van der Waals surface area contributed by atoms with Gasteiger partial charge < -0.3 is 19.9 Å². The summed E-state index contributed by atoms with van der Waals surface area (Å²) in [5.74, 6) is 1.27. The number of halogens is 1. The largest absolute Gasteiger partial charge is 0.372 e. The van der Waals surface area contributed by atoms with E-state index in [9.17, 15) is 4.79 Å². The van der Waals surface area contributed by atoms with Gasteiger partial charge in [-0.05, 0) is 30.0 Å². The summed E-state index contributed by atoms with van der Waals surface area (Å²) in [7, 11) is 0. The zero-order valence-corrected chi connectivity index (χ0v) is 18.0.